The van der Waals surface area contributed by atoms with Crippen molar-refractivity contribution in [1.82, 2.24) is 5.32 Å². The van der Waals surface area contributed by atoms with E-state index >= 15 is 0 Å². The summed E-state index contributed by atoms with van der Waals surface area (Å²) in [5, 5.41) is 3.30. The number of hydrogen-bond donors (Lipinski definition) is 1. The van der Waals surface area contributed by atoms with Gasteiger partial charge in [-0.05, 0) is 17.4 Å². The Hall–Kier alpha value is -0.860. The van der Waals surface area contributed by atoms with Crippen LogP contribution in [0.25, 0.3) is 0 Å². The molecule has 1 aromatic carbocycles. The van der Waals surface area contributed by atoms with Gasteiger partial charge in [0.2, 0.25) is 0 Å². The maximum atomic E-state index is 5.67. The van der Waals surface area contributed by atoms with Crippen LogP contribution in [0.3, 0.4) is 0 Å². The summed E-state index contributed by atoms with van der Waals surface area (Å²) in [6.45, 7) is 6.53. The zero-order valence-corrected chi connectivity index (χ0v) is 10.4. The second kappa shape index (κ2) is 4.19. The van der Waals surface area contributed by atoms with Crippen LogP contribution in [-0.2, 0) is 10.2 Å². The molecule has 2 rings (SSSR count). The van der Waals surface area contributed by atoms with E-state index in [1.54, 1.807) is 0 Å². The van der Waals surface area contributed by atoms with Crippen LogP contribution in [0.2, 0.25) is 0 Å². The summed E-state index contributed by atoms with van der Waals surface area (Å²) in [4.78, 5) is 0. The van der Waals surface area contributed by atoms with E-state index < -0.39 is 0 Å². The fourth-order valence-electron chi connectivity index (χ4n) is 2.54. The topological polar surface area (TPSA) is 21.3 Å². The molecular weight excluding hydrogens is 198 g/mol. The molecule has 1 heterocycles. The lowest BCUT2D eigenvalue weighted by atomic mass is 9.73. The van der Waals surface area contributed by atoms with Crippen molar-refractivity contribution in [2.75, 3.05) is 20.2 Å². The van der Waals surface area contributed by atoms with Crippen molar-refractivity contribution in [2.24, 2.45) is 0 Å². The average molecular weight is 219 g/mol. The SMILES string of the molecule is COC1(CC(C)(C)c2ccccc2)CNC1. The first-order chi connectivity index (χ1) is 7.58. The van der Waals surface area contributed by atoms with E-state index in [0.29, 0.717) is 0 Å². The van der Waals surface area contributed by atoms with Crippen LogP contribution < -0.4 is 5.32 Å². The molecule has 1 aliphatic rings. The summed E-state index contributed by atoms with van der Waals surface area (Å²) in [6, 6.07) is 10.7. The van der Waals surface area contributed by atoms with Crippen molar-refractivity contribution in [3.63, 3.8) is 0 Å². The number of benzene rings is 1. The number of rotatable bonds is 4. The van der Waals surface area contributed by atoms with E-state index in [1.165, 1.54) is 5.56 Å². The van der Waals surface area contributed by atoms with E-state index in [-0.39, 0.29) is 11.0 Å². The minimum atomic E-state index is 0.0410. The number of hydrogen-bond acceptors (Lipinski definition) is 2. The van der Waals surface area contributed by atoms with Crippen molar-refractivity contribution in [1.29, 1.82) is 0 Å². The monoisotopic (exact) mass is 219 g/mol. The molecule has 1 N–H and O–H groups in total. The summed E-state index contributed by atoms with van der Waals surface area (Å²) in [5.74, 6) is 0. The second-order valence-electron chi connectivity index (χ2n) is 5.42. The smallest absolute Gasteiger partial charge is 0.0934 e. The van der Waals surface area contributed by atoms with Gasteiger partial charge in [0.25, 0.3) is 0 Å². The Labute approximate surface area is 98.0 Å². The van der Waals surface area contributed by atoms with E-state index in [4.69, 9.17) is 4.74 Å². The molecule has 0 bridgehead atoms. The van der Waals surface area contributed by atoms with Gasteiger partial charge in [0.1, 0.15) is 0 Å². The van der Waals surface area contributed by atoms with Gasteiger partial charge in [0.15, 0.2) is 0 Å². The van der Waals surface area contributed by atoms with E-state index in [1.807, 2.05) is 7.11 Å². The van der Waals surface area contributed by atoms with Crippen LogP contribution in [0, 0.1) is 0 Å². The largest absolute Gasteiger partial charge is 0.376 e. The average Bonchev–Trinajstić information content (AvgIpc) is 2.25. The van der Waals surface area contributed by atoms with Crippen molar-refractivity contribution < 1.29 is 4.74 Å². The third kappa shape index (κ3) is 2.13. The van der Waals surface area contributed by atoms with Gasteiger partial charge in [-0.3, -0.25) is 0 Å². The van der Waals surface area contributed by atoms with Crippen LogP contribution >= 0.6 is 0 Å². The van der Waals surface area contributed by atoms with E-state index in [9.17, 15) is 0 Å². The number of methoxy groups -OCH3 is 1. The molecule has 0 spiro atoms. The highest BCUT2D eigenvalue weighted by Gasteiger charge is 2.42. The molecule has 1 saturated heterocycles. The zero-order chi connectivity index (χ0) is 11.6. The fourth-order valence-corrected chi connectivity index (χ4v) is 2.54. The van der Waals surface area contributed by atoms with Gasteiger partial charge >= 0.3 is 0 Å². The van der Waals surface area contributed by atoms with Gasteiger partial charge in [0, 0.05) is 20.2 Å². The standard InChI is InChI=1S/C14H21NO/c1-13(2,12-7-5-4-6-8-12)9-14(16-3)10-15-11-14/h4-8,15H,9-11H2,1-3H3. The van der Waals surface area contributed by atoms with Crippen LogP contribution in [0.4, 0.5) is 0 Å². The predicted molar refractivity (Wildman–Crippen MR) is 66.7 cm³/mol. The number of nitrogens with one attached hydrogen (secondary N) is 1. The molecule has 1 aliphatic heterocycles. The number of ether oxygens (including phenoxy) is 1. The summed E-state index contributed by atoms with van der Waals surface area (Å²) in [6.07, 6.45) is 1.06. The highest BCUT2D eigenvalue weighted by atomic mass is 16.5. The Morgan fingerprint density at radius 1 is 1.25 bits per heavy atom. The highest BCUT2D eigenvalue weighted by Crippen LogP contribution is 2.35. The van der Waals surface area contributed by atoms with Gasteiger partial charge in [0.05, 0.1) is 5.60 Å². The van der Waals surface area contributed by atoms with E-state index in [0.717, 1.165) is 19.5 Å². The Kier molecular flexibility index (Phi) is 3.04. The van der Waals surface area contributed by atoms with Gasteiger partial charge < -0.3 is 10.1 Å². The van der Waals surface area contributed by atoms with Gasteiger partial charge in [-0.2, -0.15) is 0 Å². The predicted octanol–water partition coefficient (Wildman–Crippen LogP) is 2.34. The molecule has 88 valence electrons. The highest BCUT2D eigenvalue weighted by molar-refractivity contribution is 5.24. The Balaban J connectivity index is 2.13. The lowest BCUT2D eigenvalue weighted by molar-refractivity contribution is -0.0692. The lowest BCUT2D eigenvalue weighted by Crippen LogP contribution is -2.62. The van der Waals surface area contributed by atoms with Gasteiger partial charge in [-0.15, -0.1) is 0 Å². The van der Waals surface area contributed by atoms with Crippen molar-refractivity contribution >= 4 is 0 Å². The van der Waals surface area contributed by atoms with Gasteiger partial charge in [-0.25, -0.2) is 0 Å². The summed E-state index contributed by atoms with van der Waals surface area (Å²) in [5.41, 5.74) is 1.59. The van der Waals surface area contributed by atoms with Crippen LogP contribution in [0.5, 0.6) is 0 Å². The molecule has 0 unspecified atom stereocenters. The molecular formula is C14H21NO. The molecule has 0 aliphatic carbocycles. The van der Waals surface area contributed by atoms with Crippen LogP contribution in [0.1, 0.15) is 25.8 Å². The molecule has 0 saturated carbocycles. The third-order valence-electron chi connectivity index (χ3n) is 3.65. The molecule has 2 heteroatoms. The van der Waals surface area contributed by atoms with Crippen molar-refractivity contribution in [3.05, 3.63) is 35.9 Å². The molecule has 16 heavy (non-hydrogen) atoms. The Bertz CT molecular complexity index is 336. The minimum absolute atomic E-state index is 0.0410. The van der Waals surface area contributed by atoms with E-state index in [2.05, 4.69) is 49.5 Å². The third-order valence-corrected chi connectivity index (χ3v) is 3.65. The lowest BCUT2D eigenvalue weighted by Gasteiger charge is -2.46. The summed E-state index contributed by atoms with van der Waals surface area (Å²) in [7, 11) is 1.82. The first-order valence-corrected chi connectivity index (χ1v) is 5.89. The molecule has 0 aromatic heterocycles. The summed E-state index contributed by atoms with van der Waals surface area (Å²) >= 11 is 0. The molecule has 0 radical (unpaired) electrons. The maximum absolute atomic E-state index is 5.67. The zero-order valence-electron chi connectivity index (χ0n) is 10.4. The van der Waals surface area contributed by atoms with Crippen LogP contribution in [0.15, 0.2) is 30.3 Å². The molecule has 0 atom stereocenters. The summed E-state index contributed by atoms with van der Waals surface area (Å²) < 4.78 is 5.67. The van der Waals surface area contributed by atoms with Crippen molar-refractivity contribution in [2.45, 2.75) is 31.3 Å². The Morgan fingerprint density at radius 3 is 2.31 bits per heavy atom. The second-order valence-corrected chi connectivity index (χ2v) is 5.42. The van der Waals surface area contributed by atoms with Gasteiger partial charge in [-0.1, -0.05) is 44.2 Å². The Morgan fingerprint density at radius 2 is 1.88 bits per heavy atom. The maximum Gasteiger partial charge on any atom is 0.0934 e. The molecule has 1 fully saturated rings. The van der Waals surface area contributed by atoms with Crippen LogP contribution in [-0.4, -0.2) is 25.8 Å². The molecule has 0 amide bonds. The first-order valence-electron chi connectivity index (χ1n) is 5.89. The molecule has 1 aromatic rings. The first kappa shape index (κ1) is 11.6. The normalized spacial score (nSPS) is 19.2. The molecule has 2 nitrogen and oxygen atoms in total. The fraction of sp³-hybridized carbons (Fsp3) is 0.571. The van der Waals surface area contributed by atoms with Crippen molar-refractivity contribution in [3.8, 4) is 0 Å². The minimum Gasteiger partial charge on any atom is -0.376 e. The quantitative estimate of drug-likeness (QED) is 0.839.